The maximum Gasteiger partial charge on any atom is 0.132 e. The van der Waals surface area contributed by atoms with Crippen LogP contribution in [-0.2, 0) is 4.74 Å². The Morgan fingerprint density at radius 1 is 1.33 bits per heavy atom. The number of thioether (sulfide) groups is 1. The van der Waals surface area contributed by atoms with Crippen LogP contribution in [0.2, 0.25) is 0 Å². The summed E-state index contributed by atoms with van der Waals surface area (Å²) >= 11 is 5.36. The van der Waals surface area contributed by atoms with E-state index < -0.39 is 0 Å². The Morgan fingerprint density at radius 3 is 2.72 bits per heavy atom. The number of para-hydroxylation sites is 1. The van der Waals surface area contributed by atoms with Crippen molar-refractivity contribution in [3.63, 3.8) is 0 Å². The van der Waals surface area contributed by atoms with Gasteiger partial charge in [-0.15, -0.1) is 11.8 Å². The molecule has 100 valence electrons. The fraction of sp³-hybridized carbons (Fsp3) is 0.571. The summed E-state index contributed by atoms with van der Waals surface area (Å²) < 4.78 is 11.5. The summed E-state index contributed by atoms with van der Waals surface area (Å²) in [5.74, 6) is 0.997. The highest BCUT2D eigenvalue weighted by Gasteiger charge is 2.32. The van der Waals surface area contributed by atoms with Crippen molar-refractivity contribution in [2.24, 2.45) is 5.41 Å². The molecule has 2 rings (SSSR count). The van der Waals surface area contributed by atoms with Crippen LogP contribution < -0.4 is 4.74 Å². The van der Waals surface area contributed by atoms with Crippen LogP contribution in [0.5, 0.6) is 5.75 Å². The first-order valence-corrected chi connectivity index (χ1v) is 8.54. The first kappa shape index (κ1) is 14.2. The molecule has 0 radical (unpaired) electrons. The average molecular weight is 331 g/mol. The highest BCUT2D eigenvalue weighted by Crippen LogP contribution is 2.35. The quantitative estimate of drug-likeness (QED) is 0.601. The minimum atomic E-state index is 0.226. The molecule has 2 nitrogen and oxygen atoms in total. The molecule has 1 fully saturated rings. The third kappa shape index (κ3) is 3.43. The Kier molecular flexibility index (Phi) is 5.39. The zero-order valence-electron chi connectivity index (χ0n) is 10.7. The largest absolute Gasteiger partial charge is 0.492 e. The van der Waals surface area contributed by atoms with Crippen LogP contribution >= 0.6 is 27.7 Å². The van der Waals surface area contributed by atoms with Crippen molar-refractivity contribution < 1.29 is 9.47 Å². The lowest BCUT2D eigenvalue weighted by Crippen LogP contribution is -2.36. The van der Waals surface area contributed by atoms with E-state index in [1.165, 1.54) is 4.90 Å². The third-order valence-corrected chi connectivity index (χ3v) is 5.41. The molecule has 18 heavy (non-hydrogen) atoms. The van der Waals surface area contributed by atoms with E-state index in [-0.39, 0.29) is 5.41 Å². The van der Waals surface area contributed by atoms with Gasteiger partial charge in [0.05, 0.1) is 6.61 Å². The summed E-state index contributed by atoms with van der Waals surface area (Å²) in [6, 6.07) is 8.23. The van der Waals surface area contributed by atoms with Gasteiger partial charge in [0.25, 0.3) is 0 Å². The standard InChI is InChI=1S/C14H19BrO2S/c1-18-13-5-3-2-4-12(13)17-11-14(10-15)6-8-16-9-7-14/h2-5H,6-11H2,1H3. The molecule has 1 heterocycles. The molecule has 0 aromatic heterocycles. The first-order chi connectivity index (χ1) is 8.79. The lowest BCUT2D eigenvalue weighted by molar-refractivity contribution is 0.00305. The van der Waals surface area contributed by atoms with Crippen molar-refractivity contribution in [3.05, 3.63) is 24.3 Å². The fourth-order valence-corrected chi connectivity index (χ4v) is 3.36. The minimum absolute atomic E-state index is 0.226. The van der Waals surface area contributed by atoms with Crippen molar-refractivity contribution in [2.75, 3.05) is 31.4 Å². The van der Waals surface area contributed by atoms with Crippen LogP contribution in [0, 0.1) is 5.41 Å². The molecule has 1 aromatic carbocycles. The van der Waals surface area contributed by atoms with Crippen LogP contribution in [0.4, 0.5) is 0 Å². The molecular weight excluding hydrogens is 312 g/mol. The molecule has 0 aliphatic carbocycles. The lowest BCUT2D eigenvalue weighted by Gasteiger charge is -2.35. The van der Waals surface area contributed by atoms with Gasteiger partial charge in [-0.3, -0.25) is 0 Å². The molecule has 0 atom stereocenters. The van der Waals surface area contributed by atoms with E-state index in [1.807, 2.05) is 18.2 Å². The van der Waals surface area contributed by atoms with Crippen molar-refractivity contribution >= 4 is 27.7 Å². The second kappa shape index (κ2) is 6.83. The van der Waals surface area contributed by atoms with Gasteiger partial charge < -0.3 is 9.47 Å². The topological polar surface area (TPSA) is 18.5 Å². The highest BCUT2D eigenvalue weighted by molar-refractivity contribution is 9.09. The summed E-state index contributed by atoms with van der Waals surface area (Å²) in [6.07, 6.45) is 4.22. The number of benzene rings is 1. The van der Waals surface area contributed by atoms with Crippen LogP contribution in [0.25, 0.3) is 0 Å². The van der Waals surface area contributed by atoms with Gasteiger partial charge in [0.2, 0.25) is 0 Å². The minimum Gasteiger partial charge on any atom is -0.492 e. The van der Waals surface area contributed by atoms with E-state index in [0.29, 0.717) is 0 Å². The third-order valence-electron chi connectivity index (χ3n) is 3.44. The average Bonchev–Trinajstić information content (AvgIpc) is 2.46. The molecule has 0 amide bonds. The first-order valence-electron chi connectivity index (χ1n) is 6.19. The van der Waals surface area contributed by atoms with E-state index in [4.69, 9.17) is 9.47 Å². The number of hydrogen-bond acceptors (Lipinski definition) is 3. The Morgan fingerprint density at radius 2 is 2.06 bits per heavy atom. The Hall–Kier alpha value is -0.190. The Bertz CT molecular complexity index is 378. The molecule has 1 aliphatic heterocycles. The van der Waals surface area contributed by atoms with E-state index in [9.17, 15) is 0 Å². The maximum atomic E-state index is 6.06. The number of rotatable bonds is 5. The molecule has 4 heteroatoms. The van der Waals surface area contributed by atoms with Crippen molar-refractivity contribution in [3.8, 4) is 5.75 Å². The summed E-state index contributed by atoms with van der Waals surface area (Å²) in [7, 11) is 0. The summed E-state index contributed by atoms with van der Waals surface area (Å²) in [6.45, 7) is 2.46. The molecule has 0 unspecified atom stereocenters. The van der Waals surface area contributed by atoms with Gasteiger partial charge in [0, 0.05) is 28.9 Å². The van der Waals surface area contributed by atoms with E-state index in [2.05, 4.69) is 28.3 Å². The Labute approximate surface area is 122 Å². The molecule has 0 spiro atoms. The maximum absolute atomic E-state index is 6.06. The van der Waals surface area contributed by atoms with Gasteiger partial charge in [0.15, 0.2) is 0 Å². The van der Waals surface area contributed by atoms with E-state index in [1.54, 1.807) is 11.8 Å². The normalized spacial score (nSPS) is 18.6. The van der Waals surface area contributed by atoms with Gasteiger partial charge in [-0.2, -0.15) is 0 Å². The van der Waals surface area contributed by atoms with Gasteiger partial charge >= 0.3 is 0 Å². The summed E-state index contributed by atoms with van der Waals surface area (Å²) in [4.78, 5) is 1.20. The van der Waals surface area contributed by atoms with Crippen molar-refractivity contribution in [1.29, 1.82) is 0 Å². The van der Waals surface area contributed by atoms with Gasteiger partial charge in [-0.05, 0) is 31.2 Å². The van der Waals surface area contributed by atoms with Crippen LogP contribution in [-0.4, -0.2) is 31.4 Å². The van der Waals surface area contributed by atoms with Crippen molar-refractivity contribution in [1.82, 2.24) is 0 Å². The Balaban J connectivity index is 2.01. The molecule has 1 saturated heterocycles. The summed E-state index contributed by atoms with van der Waals surface area (Å²) in [5.41, 5.74) is 0.226. The second-order valence-electron chi connectivity index (χ2n) is 4.69. The molecule has 0 bridgehead atoms. The predicted molar refractivity (Wildman–Crippen MR) is 80.0 cm³/mol. The highest BCUT2D eigenvalue weighted by atomic mass is 79.9. The lowest BCUT2D eigenvalue weighted by atomic mass is 9.83. The van der Waals surface area contributed by atoms with E-state index in [0.717, 1.165) is 43.7 Å². The smallest absolute Gasteiger partial charge is 0.132 e. The molecule has 1 aromatic rings. The number of ether oxygens (including phenoxy) is 2. The van der Waals surface area contributed by atoms with Gasteiger partial charge in [0.1, 0.15) is 5.75 Å². The fourth-order valence-electron chi connectivity index (χ4n) is 2.09. The summed E-state index contributed by atoms with van der Waals surface area (Å²) in [5, 5.41) is 0.977. The molecular formula is C14H19BrO2S. The zero-order chi connectivity index (χ0) is 12.8. The van der Waals surface area contributed by atoms with Gasteiger partial charge in [-0.25, -0.2) is 0 Å². The molecule has 0 N–H and O–H groups in total. The van der Waals surface area contributed by atoms with E-state index >= 15 is 0 Å². The predicted octanol–water partition coefficient (Wildman–Crippen LogP) is 3.98. The monoisotopic (exact) mass is 330 g/mol. The number of halogens is 1. The molecule has 1 aliphatic rings. The zero-order valence-corrected chi connectivity index (χ0v) is 13.1. The second-order valence-corrected chi connectivity index (χ2v) is 6.09. The molecule has 0 saturated carbocycles. The number of alkyl halides is 1. The SMILES string of the molecule is CSc1ccccc1OCC1(CBr)CCOCC1. The van der Waals surface area contributed by atoms with Gasteiger partial charge in [-0.1, -0.05) is 28.1 Å². The van der Waals surface area contributed by atoms with Crippen molar-refractivity contribution in [2.45, 2.75) is 17.7 Å². The van der Waals surface area contributed by atoms with Crippen LogP contribution in [0.1, 0.15) is 12.8 Å². The van der Waals surface area contributed by atoms with Crippen LogP contribution in [0.15, 0.2) is 29.2 Å². The van der Waals surface area contributed by atoms with Crippen LogP contribution in [0.3, 0.4) is 0 Å². The number of hydrogen-bond donors (Lipinski definition) is 0.